The van der Waals surface area contributed by atoms with Crippen LogP contribution in [0, 0.1) is 10.5 Å². The van der Waals surface area contributed by atoms with Crippen molar-refractivity contribution in [2.24, 2.45) is 0 Å². The Morgan fingerprint density at radius 3 is 2.32 bits per heavy atom. The largest absolute Gasteiger partial charge is 0.342 e. The molecule has 19 heavy (non-hydrogen) atoms. The highest BCUT2D eigenvalue weighted by molar-refractivity contribution is 14.1. The van der Waals surface area contributed by atoms with E-state index < -0.39 is 0 Å². The van der Waals surface area contributed by atoms with Crippen molar-refractivity contribution in [3.05, 3.63) is 76.2 Å². The van der Waals surface area contributed by atoms with Crippen LogP contribution in [-0.2, 0) is 9.47 Å². The topological polar surface area (TPSA) is 18.5 Å². The smallest absolute Gasteiger partial charge is 0.185 e. The van der Waals surface area contributed by atoms with Gasteiger partial charge in [-0.15, -0.1) is 0 Å². The summed E-state index contributed by atoms with van der Waals surface area (Å²) in [5.74, 6) is 0. The van der Waals surface area contributed by atoms with Gasteiger partial charge in [0.15, 0.2) is 6.29 Å². The average molecular weight is 365 g/mol. The highest BCUT2D eigenvalue weighted by Gasteiger charge is 2.35. The number of halogens is 1. The van der Waals surface area contributed by atoms with Crippen LogP contribution in [0.4, 0.5) is 0 Å². The molecule has 2 aromatic carbocycles. The molecule has 0 N–H and O–H groups in total. The summed E-state index contributed by atoms with van der Waals surface area (Å²) in [6, 6.07) is 18.2. The Hall–Kier alpha value is -0.910. The van der Waals surface area contributed by atoms with Crippen molar-refractivity contribution in [2.75, 3.05) is 0 Å². The fourth-order valence-electron chi connectivity index (χ4n) is 2.23. The van der Waals surface area contributed by atoms with Gasteiger partial charge in [0.05, 0.1) is 6.10 Å². The third-order valence-electron chi connectivity index (χ3n) is 3.19. The second-order valence-corrected chi connectivity index (χ2v) is 5.66. The van der Waals surface area contributed by atoms with E-state index in [1.807, 2.05) is 42.5 Å². The lowest BCUT2D eigenvalue weighted by atomic mass is 10.1. The number of benzene rings is 2. The first-order chi connectivity index (χ1) is 9.25. The van der Waals surface area contributed by atoms with Gasteiger partial charge in [0.1, 0.15) is 6.10 Å². The van der Waals surface area contributed by atoms with Crippen molar-refractivity contribution in [1.82, 2.24) is 0 Å². The Morgan fingerprint density at radius 1 is 0.895 bits per heavy atom. The minimum Gasteiger partial charge on any atom is -0.342 e. The molecule has 3 heteroatoms. The minimum absolute atomic E-state index is 0.113. The van der Waals surface area contributed by atoms with Crippen LogP contribution in [0.3, 0.4) is 0 Å². The van der Waals surface area contributed by atoms with Crippen molar-refractivity contribution < 1.29 is 9.47 Å². The van der Waals surface area contributed by atoms with Crippen LogP contribution in [0.25, 0.3) is 0 Å². The van der Waals surface area contributed by atoms with Crippen LogP contribution in [0.1, 0.15) is 23.5 Å². The molecule has 0 spiro atoms. The summed E-state index contributed by atoms with van der Waals surface area (Å²) in [4.78, 5) is 0. The monoisotopic (exact) mass is 365 g/mol. The lowest BCUT2D eigenvalue weighted by molar-refractivity contribution is -0.0658. The first-order valence-electron chi connectivity index (χ1n) is 6.19. The Bertz CT molecular complexity index is 556. The van der Waals surface area contributed by atoms with E-state index in [2.05, 4.69) is 41.6 Å². The number of hydrogen-bond donors (Lipinski definition) is 0. The quantitative estimate of drug-likeness (QED) is 0.740. The molecule has 1 unspecified atom stereocenters. The molecule has 1 saturated heterocycles. The normalized spacial score (nSPS) is 26.5. The maximum Gasteiger partial charge on any atom is 0.185 e. The van der Waals surface area contributed by atoms with Gasteiger partial charge in [-0.25, -0.2) is 0 Å². The Balaban J connectivity index is 1.85. The van der Waals surface area contributed by atoms with Gasteiger partial charge in [-0.05, 0) is 41.1 Å². The Morgan fingerprint density at radius 2 is 1.58 bits per heavy atom. The van der Waals surface area contributed by atoms with Gasteiger partial charge in [-0.2, -0.15) is 0 Å². The zero-order chi connectivity index (χ0) is 13.2. The van der Waals surface area contributed by atoms with E-state index in [9.17, 15) is 0 Å². The highest BCUT2D eigenvalue weighted by atomic mass is 127. The number of hydrogen-bond acceptors (Lipinski definition) is 2. The fourth-order valence-corrected chi connectivity index (χ4v) is 2.92. The lowest BCUT2D eigenvalue weighted by Gasteiger charge is -2.14. The van der Waals surface area contributed by atoms with Crippen molar-refractivity contribution in [3.63, 3.8) is 0 Å². The van der Waals surface area contributed by atoms with Gasteiger partial charge >= 0.3 is 0 Å². The summed E-state index contributed by atoms with van der Waals surface area (Å²) in [7, 11) is 0. The standard InChI is InChI=1S/C16H14IO2/c1-11-15(13-9-5-6-10-14(13)17)19-16(18-11)12-7-3-2-4-8-12/h2-11,15-16H,1H2/t11-,15+,16?/m1/s1. The zero-order valence-corrected chi connectivity index (χ0v) is 12.5. The molecule has 0 saturated carbocycles. The Labute approximate surface area is 126 Å². The van der Waals surface area contributed by atoms with Crippen LogP contribution < -0.4 is 0 Å². The molecule has 1 fully saturated rings. The third kappa shape index (κ3) is 2.68. The first-order valence-corrected chi connectivity index (χ1v) is 7.27. The van der Waals surface area contributed by atoms with E-state index in [1.54, 1.807) is 0 Å². The van der Waals surface area contributed by atoms with E-state index in [0.717, 1.165) is 11.1 Å². The summed E-state index contributed by atoms with van der Waals surface area (Å²) >= 11 is 2.32. The third-order valence-corrected chi connectivity index (χ3v) is 4.17. The molecular formula is C16H14IO2. The second-order valence-electron chi connectivity index (χ2n) is 4.50. The van der Waals surface area contributed by atoms with Gasteiger partial charge in [0, 0.05) is 9.13 Å². The van der Waals surface area contributed by atoms with Crippen LogP contribution in [0.5, 0.6) is 0 Å². The van der Waals surface area contributed by atoms with E-state index in [-0.39, 0.29) is 18.5 Å². The summed E-state index contributed by atoms with van der Waals surface area (Å²) in [6.07, 6.45) is -0.635. The fraction of sp³-hybridized carbons (Fsp3) is 0.188. The number of ether oxygens (including phenoxy) is 2. The summed E-state index contributed by atoms with van der Waals surface area (Å²) in [5.41, 5.74) is 2.17. The molecule has 1 heterocycles. The van der Waals surface area contributed by atoms with Gasteiger partial charge in [-0.1, -0.05) is 48.5 Å². The summed E-state index contributed by atoms with van der Waals surface area (Å²) in [5, 5.41) is 0. The summed E-state index contributed by atoms with van der Waals surface area (Å²) in [6.45, 7) is 4.06. The predicted octanol–water partition coefficient (Wildman–Crippen LogP) is 4.28. The maximum atomic E-state index is 6.04. The zero-order valence-electron chi connectivity index (χ0n) is 10.3. The van der Waals surface area contributed by atoms with Crippen molar-refractivity contribution in [2.45, 2.75) is 18.5 Å². The summed E-state index contributed by atoms with van der Waals surface area (Å²) < 4.78 is 13.0. The second kappa shape index (κ2) is 5.61. The number of rotatable bonds is 2. The first kappa shape index (κ1) is 13.1. The minimum atomic E-state index is -0.329. The molecule has 97 valence electrons. The molecular weight excluding hydrogens is 351 g/mol. The van der Waals surface area contributed by atoms with E-state index in [1.165, 1.54) is 3.57 Å². The van der Waals surface area contributed by atoms with Crippen molar-refractivity contribution >= 4 is 22.6 Å². The predicted molar refractivity (Wildman–Crippen MR) is 82.4 cm³/mol. The van der Waals surface area contributed by atoms with Crippen LogP contribution in [0.2, 0.25) is 0 Å². The molecule has 0 aromatic heterocycles. The Kier molecular flexibility index (Phi) is 3.86. The molecule has 2 aromatic rings. The van der Waals surface area contributed by atoms with Gasteiger partial charge in [0.2, 0.25) is 0 Å². The average Bonchev–Trinajstić information content (AvgIpc) is 2.82. The van der Waals surface area contributed by atoms with E-state index in [0.29, 0.717) is 0 Å². The lowest BCUT2D eigenvalue weighted by Crippen LogP contribution is -2.11. The van der Waals surface area contributed by atoms with Gasteiger partial charge < -0.3 is 9.47 Å². The molecule has 0 aliphatic carbocycles. The molecule has 1 radical (unpaired) electrons. The molecule has 2 nitrogen and oxygen atoms in total. The van der Waals surface area contributed by atoms with Crippen LogP contribution in [-0.4, -0.2) is 6.10 Å². The van der Waals surface area contributed by atoms with Crippen molar-refractivity contribution in [3.8, 4) is 0 Å². The molecule has 1 aliphatic heterocycles. The molecule has 1 aliphatic rings. The van der Waals surface area contributed by atoms with Crippen LogP contribution in [0.15, 0.2) is 54.6 Å². The van der Waals surface area contributed by atoms with E-state index >= 15 is 0 Å². The molecule has 0 amide bonds. The van der Waals surface area contributed by atoms with Gasteiger partial charge in [-0.3, -0.25) is 0 Å². The molecule has 0 bridgehead atoms. The van der Waals surface area contributed by atoms with E-state index in [4.69, 9.17) is 9.47 Å². The van der Waals surface area contributed by atoms with Crippen LogP contribution >= 0.6 is 22.6 Å². The molecule has 3 atom stereocenters. The highest BCUT2D eigenvalue weighted by Crippen LogP contribution is 2.40. The maximum absolute atomic E-state index is 6.04. The van der Waals surface area contributed by atoms with Crippen molar-refractivity contribution in [1.29, 1.82) is 0 Å². The SMILES string of the molecule is [CH2][C@H]1OC(c2ccccc2)O[C@@H]1c1ccccc1I. The molecule has 3 rings (SSSR count). The van der Waals surface area contributed by atoms with Gasteiger partial charge in [0.25, 0.3) is 0 Å².